The van der Waals surface area contributed by atoms with E-state index in [1.165, 1.54) is 5.56 Å². The fourth-order valence-corrected chi connectivity index (χ4v) is 8.67. The van der Waals surface area contributed by atoms with Crippen molar-refractivity contribution in [2.75, 3.05) is 45.2 Å². The first-order valence-electron chi connectivity index (χ1n) is 14.8. The van der Waals surface area contributed by atoms with Gasteiger partial charge in [-0.05, 0) is 61.8 Å². The van der Waals surface area contributed by atoms with Gasteiger partial charge in [0, 0.05) is 48.8 Å². The van der Waals surface area contributed by atoms with E-state index in [4.69, 9.17) is 4.74 Å². The minimum atomic E-state index is -2.07. The number of methoxy groups -OCH3 is 1. The van der Waals surface area contributed by atoms with E-state index in [9.17, 15) is 20.0 Å². The summed E-state index contributed by atoms with van der Waals surface area (Å²) in [6.07, 6.45) is 4.83. The molecule has 10 heteroatoms. The molecule has 1 saturated heterocycles. The number of anilines is 1. The average molecular weight is 555 g/mol. The molecule has 1 amide bonds. The molecule has 1 spiro atoms. The maximum atomic E-state index is 14.2. The van der Waals surface area contributed by atoms with Gasteiger partial charge in [-0.25, -0.2) is 0 Å². The number of rotatable bonds is 8. The molecule has 3 heterocycles. The van der Waals surface area contributed by atoms with E-state index in [-0.39, 0.29) is 11.5 Å². The van der Waals surface area contributed by atoms with Crippen LogP contribution in [0.3, 0.4) is 0 Å². The lowest BCUT2D eigenvalue weighted by Gasteiger charge is -2.63. The van der Waals surface area contributed by atoms with Gasteiger partial charge in [0.2, 0.25) is 0 Å². The summed E-state index contributed by atoms with van der Waals surface area (Å²) < 4.78 is 5.75. The van der Waals surface area contributed by atoms with Crippen molar-refractivity contribution in [1.82, 2.24) is 15.4 Å². The molecule has 3 aliphatic heterocycles. The van der Waals surface area contributed by atoms with Gasteiger partial charge >= 0.3 is 7.05 Å². The Hall–Kier alpha value is -2.11. The molecule has 0 bridgehead atoms. The zero-order chi connectivity index (χ0) is 29.3. The second-order valence-corrected chi connectivity index (χ2v) is 13.4. The third kappa shape index (κ3) is 3.90. The van der Waals surface area contributed by atoms with Crippen LogP contribution in [0.2, 0.25) is 6.82 Å². The average Bonchev–Trinajstić information content (AvgIpc) is 3.42. The first-order chi connectivity index (χ1) is 18.8. The number of ether oxygens (including phenoxy) is 1. The topological polar surface area (TPSA) is 118 Å². The van der Waals surface area contributed by atoms with Crippen LogP contribution in [0, 0.1) is 5.41 Å². The van der Waals surface area contributed by atoms with Crippen molar-refractivity contribution in [2.45, 2.75) is 88.4 Å². The van der Waals surface area contributed by atoms with E-state index in [0.29, 0.717) is 25.9 Å². The SMILES string of the molecule is CC[C@]12C=CCN3CCC4(c5c(cc(OC)cc5C(C)(C)C)N(C)C4[C@@](O)(C(=O)NCCCNB(C)O)[C@@H]1O)C32. The van der Waals surface area contributed by atoms with Gasteiger partial charge in [0.05, 0.1) is 13.2 Å². The first kappa shape index (κ1) is 29.4. The minimum absolute atomic E-state index is 0.0727. The second-order valence-electron chi connectivity index (χ2n) is 13.4. The van der Waals surface area contributed by atoms with Gasteiger partial charge in [-0.15, -0.1) is 0 Å². The summed E-state index contributed by atoms with van der Waals surface area (Å²) in [6.45, 7) is 12.7. The highest BCUT2D eigenvalue weighted by Crippen LogP contribution is 2.67. The Kier molecular flexibility index (Phi) is 7.36. The maximum Gasteiger partial charge on any atom is 0.373 e. The Labute approximate surface area is 239 Å². The number of nitrogens with zero attached hydrogens (tertiary/aromatic N) is 2. The maximum absolute atomic E-state index is 14.2. The Bertz CT molecular complexity index is 1190. The van der Waals surface area contributed by atoms with E-state index >= 15 is 0 Å². The van der Waals surface area contributed by atoms with E-state index < -0.39 is 41.5 Å². The molecule has 1 aromatic carbocycles. The van der Waals surface area contributed by atoms with Crippen molar-refractivity contribution < 1.29 is 24.8 Å². The second kappa shape index (κ2) is 10.0. The molecule has 1 aliphatic carbocycles. The highest BCUT2D eigenvalue weighted by atomic mass is 16.5. The first-order valence-corrected chi connectivity index (χ1v) is 14.8. The van der Waals surface area contributed by atoms with Gasteiger partial charge in [0.15, 0.2) is 5.60 Å². The van der Waals surface area contributed by atoms with Gasteiger partial charge < -0.3 is 35.4 Å². The molecule has 1 saturated carbocycles. The molecule has 0 radical (unpaired) electrons. The number of aliphatic hydroxyl groups excluding tert-OH is 1. The predicted octanol–water partition coefficient (Wildman–Crippen LogP) is 1.40. The molecule has 5 N–H and O–H groups in total. The van der Waals surface area contributed by atoms with Crippen molar-refractivity contribution in [3.8, 4) is 5.75 Å². The monoisotopic (exact) mass is 554 g/mol. The zero-order valence-corrected chi connectivity index (χ0v) is 25.1. The van der Waals surface area contributed by atoms with Crippen LogP contribution in [0.25, 0.3) is 0 Å². The normalized spacial score (nSPS) is 34.4. The van der Waals surface area contributed by atoms with Gasteiger partial charge in [-0.2, -0.15) is 0 Å². The van der Waals surface area contributed by atoms with Crippen LogP contribution in [-0.4, -0.2) is 97.2 Å². The van der Waals surface area contributed by atoms with E-state index in [0.717, 1.165) is 36.5 Å². The van der Waals surface area contributed by atoms with Crippen LogP contribution in [0.15, 0.2) is 24.3 Å². The Morgan fingerprint density at radius 3 is 2.60 bits per heavy atom. The smallest absolute Gasteiger partial charge is 0.373 e. The van der Waals surface area contributed by atoms with Gasteiger partial charge in [-0.3, -0.25) is 9.69 Å². The fourth-order valence-electron chi connectivity index (χ4n) is 8.67. The fraction of sp³-hybridized carbons (Fsp3) is 0.700. The number of amides is 1. The molecule has 4 aliphatic rings. The van der Waals surface area contributed by atoms with Crippen molar-refractivity contribution in [2.24, 2.45) is 5.41 Å². The number of aliphatic hydroxyl groups is 2. The van der Waals surface area contributed by atoms with Gasteiger partial charge in [-0.1, -0.05) is 39.8 Å². The lowest BCUT2D eigenvalue weighted by Crippen LogP contribution is -2.81. The number of carbonyl (C=O) groups excluding carboxylic acids is 1. The van der Waals surface area contributed by atoms with E-state index in [1.807, 2.05) is 18.0 Å². The molecule has 5 rings (SSSR count). The number of benzene rings is 1. The minimum Gasteiger partial charge on any atom is -0.497 e. The summed E-state index contributed by atoms with van der Waals surface area (Å²) >= 11 is 0. The van der Waals surface area contributed by atoms with E-state index in [2.05, 4.69) is 61.4 Å². The molecule has 40 heavy (non-hydrogen) atoms. The number of nitrogens with one attached hydrogen (secondary N) is 2. The summed E-state index contributed by atoms with van der Waals surface area (Å²) in [7, 11) is 2.98. The summed E-state index contributed by atoms with van der Waals surface area (Å²) in [4.78, 5) is 18.7. The number of hydrogen-bond acceptors (Lipinski definition) is 8. The third-order valence-corrected chi connectivity index (χ3v) is 10.2. The predicted molar refractivity (Wildman–Crippen MR) is 158 cm³/mol. The Morgan fingerprint density at radius 2 is 1.98 bits per heavy atom. The van der Waals surface area contributed by atoms with Crippen LogP contribution in [0.5, 0.6) is 5.75 Å². The van der Waals surface area contributed by atoms with Crippen LogP contribution in [-0.2, 0) is 15.6 Å². The van der Waals surface area contributed by atoms with Crippen LogP contribution < -0.4 is 20.2 Å². The number of carbonyl (C=O) groups is 1. The molecule has 220 valence electrons. The number of fused-ring (bicyclic) bond motifs is 1. The van der Waals surface area contributed by atoms with E-state index in [1.54, 1.807) is 13.9 Å². The molecule has 6 atom stereocenters. The van der Waals surface area contributed by atoms with Crippen molar-refractivity contribution >= 4 is 18.6 Å². The Morgan fingerprint density at radius 1 is 1.25 bits per heavy atom. The summed E-state index contributed by atoms with van der Waals surface area (Å²) in [5.41, 5.74) is -0.394. The van der Waals surface area contributed by atoms with Crippen molar-refractivity contribution in [3.63, 3.8) is 0 Å². The standard InChI is InChI=1S/C30H47BN4O5/c1-8-28-11-9-15-35-16-12-29(23(28)35)22-20(27(2,3)4)17-19(40-7)18-21(22)34(6)24(29)30(38,25(28)36)26(37)32-13-10-14-33-31(5)39/h9,11,17-18,23-25,33,36,38-39H,8,10,12-16H2,1-7H3,(H,32,37)/t23?,24?,25-,28-,29?,30+/m1/s1. The van der Waals surface area contributed by atoms with Crippen LogP contribution in [0.1, 0.15) is 58.1 Å². The molecule has 1 aromatic rings. The molecule has 9 nitrogen and oxygen atoms in total. The number of hydrogen-bond donors (Lipinski definition) is 5. The summed E-state index contributed by atoms with van der Waals surface area (Å²) in [6, 6.07) is 3.41. The van der Waals surface area contributed by atoms with Crippen molar-refractivity contribution in [3.05, 3.63) is 35.4 Å². The molecular weight excluding hydrogens is 507 g/mol. The lowest BCUT2D eigenvalue weighted by molar-refractivity contribution is -0.203. The summed E-state index contributed by atoms with van der Waals surface area (Å²) in [5, 5.41) is 40.5. The highest BCUT2D eigenvalue weighted by Gasteiger charge is 2.78. The van der Waals surface area contributed by atoms with Gasteiger partial charge in [0.25, 0.3) is 5.91 Å². The molecular formula is C30H47BN4O5. The lowest BCUT2D eigenvalue weighted by atomic mass is 9.47. The van der Waals surface area contributed by atoms with Crippen molar-refractivity contribution in [1.29, 1.82) is 0 Å². The Balaban J connectivity index is 1.71. The zero-order valence-electron chi connectivity index (χ0n) is 25.1. The van der Waals surface area contributed by atoms with Gasteiger partial charge in [0.1, 0.15) is 11.9 Å². The molecule has 2 fully saturated rings. The largest absolute Gasteiger partial charge is 0.497 e. The quantitative estimate of drug-likeness (QED) is 0.186. The summed E-state index contributed by atoms with van der Waals surface area (Å²) in [5.74, 6) is 0.193. The number of likely N-dealkylation sites (N-methyl/N-ethyl adjacent to an activating group) is 1. The highest BCUT2D eigenvalue weighted by molar-refractivity contribution is 6.45. The third-order valence-electron chi connectivity index (χ3n) is 10.2. The molecule has 0 aromatic heterocycles. The van der Waals surface area contributed by atoms with Crippen LogP contribution in [0.4, 0.5) is 5.69 Å². The van der Waals surface area contributed by atoms with Crippen LogP contribution >= 0.6 is 0 Å². The molecule has 3 unspecified atom stereocenters.